The van der Waals surface area contributed by atoms with Crippen molar-refractivity contribution in [3.8, 4) is 0 Å². The molecular formula is C15H23N3O. The summed E-state index contributed by atoms with van der Waals surface area (Å²) in [5, 5.41) is 3.10. The van der Waals surface area contributed by atoms with Crippen LogP contribution in [0.5, 0.6) is 0 Å². The number of carbonyl (C=O) groups excluding carboxylic acids is 1. The molecule has 1 fully saturated rings. The molecule has 0 radical (unpaired) electrons. The van der Waals surface area contributed by atoms with Crippen LogP contribution in [0.25, 0.3) is 0 Å². The van der Waals surface area contributed by atoms with Gasteiger partial charge in [-0.1, -0.05) is 19.1 Å². The Morgan fingerprint density at radius 3 is 2.53 bits per heavy atom. The van der Waals surface area contributed by atoms with E-state index in [2.05, 4.69) is 41.4 Å². The number of hydrogen-bond donors (Lipinski definition) is 1. The van der Waals surface area contributed by atoms with Crippen LogP contribution < -0.4 is 10.2 Å². The molecule has 1 heterocycles. The summed E-state index contributed by atoms with van der Waals surface area (Å²) in [6.45, 7) is 4.51. The summed E-state index contributed by atoms with van der Waals surface area (Å²) in [4.78, 5) is 16.6. The van der Waals surface area contributed by atoms with Gasteiger partial charge < -0.3 is 10.2 Å². The van der Waals surface area contributed by atoms with Crippen molar-refractivity contribution in [1.29, 1.82) is 0 Å². The zero-order valence-electron chi connectivity index (χ0n) is 12.0. The maximum absolute atomic E-state index is 12.5. The van der Waals surface area contributed by atoms with Gasteiger partial charge in [-0.05, 0) is 38.2 Å². The number of hydrogen-bond acceptors (Lipinski definition) is 3. The Kier molecular flexibility index (Phi) is 4.56. The fourth-order valence-corrected chi connectivity index (χ4v) is 2.50. The predicted octanol–water partition coefficient (Wildman–Crippen LogP) is 1.12. The Morgan fingerprint density at radius 1 is 1.26 bits per heavy atom. The van der Waals surface area contributed by atoms with Crippen LogP contribution in [0.1, 0.15) is 12.5 Å². The fraction of sp³-hybridized carbons (Fsp3) is 0.533. The Balaban J connectivity index is 2.17. The number of likely N-dealkylation sites (N-methyl/N-ethyl adjacent to an activating group) is 2. The van der Waals surface area contributed by atoms with E-state index in [1.54, 1.807) is 0 Å². The van der Waals surface area contributed by atoms with E-state index in [1.807, 2.05) is 19.0 Å². The van der Waals surface area contributed by atoms with Crippen LogP contribution in [0.3, 0.4) is 0 Å². The highest BCUT2D eigenvalue weighted by atomic mass is 16.2. The third-order valence-electron chi connectivity index (χ3n) is 3.81. The maximum Gasteiger partial charge on any atom is 0.245 e. The van der Waals surface area contributed by atoms with E-state index < -0.39 is 0 Å². The summed E-state index contributed by atoms with van der Waals surface area (Å²) in [6, 6.07) is 8.25. The molecule has 1 N–H and O–H groups in total. The highest BCUT2D eigenvalue weighted by Crippen LogP contribution is 2.20. The third-order valence-corrected chi connectivity index (χ3v) is 3.81. The van der Waals surface area contributed by atoms with Crippen molar-refractivity contribution < 1.29 is 4.79 Å². The number of nitrogens with zero attached hydrogens (tertiary/aromatic N) is 2. The summed E-state index contributed by atoms with van der Waals surface area (Å²) in [5.41, 5.74) is 2.31. The number of aryl methyl sites for hydroxylation is 1. The van der Waals surface area contributed by atoms with E-state index >= 15 is 0 Å². The molecule has 0 bridgehead atoms. The lowest BCUT2D eigenvalue weighted by molar-refractivity contribution is -0.125. The van der Waals surface area contributed by atoms with Crippen molar-refractivity contribution in [2.45, 2.75) is 19.4 Å². The molecule has 0 spiro atoms. The van der Waals surface area contributed by atoms with Crippen LogP contribution in [0.15, 0.2) is 24.3 Å². The Bertz CT molecular complexity index is 430. The number of carbonyl (C=O) groups is 1. The molecule has 2 rings (SSSR count). The number of piperazine rings is 1. The first-order chi connectivity index (χ1) is 9.17. The van der Waals surface area contributed by atoms with Crippen LogP contribution >= 0.6 is 0 Å². The molecule has 0 saturated carbocycles. The lowest BCUT2D eigenvalue weighted by Gasteiger charge is -2.38. The van der Waals surface area contributed by atoms with E-state index in [9.17, 15) is 4.79 Å². The molecule has 104 valence electrons. The third kappa shape index (κ3) is 2.96. The average Bonchev–Trinajstić information content (AvgIpc) is 2.44. The van der Waals surface area contributed by atoms with Gasteiger partial charge in [0, 0.05) is 25.3 Å². The van der Waals surface area contributed by atoms with Gasteiger partial charge in [0.05, 0.1) is 0 Å². The van der Waals surface area contributed by atoms with Crippen molar-refractivity contribution >= 4 is 11.6 Å². The second-order valence-corrected chi connectivity index (χ2v) is 5.06. The van der Waals surface area contributed by atoms with Crippen LogP contribution in [0, 0.1) is 0 Å². The predicted molar refractivity (Wildman–Crippen MR) is 78.5 cm³/mol. The van der Waals surface area contributed by atoms with Crippen LogP contribution in [-0.2, 0) is 11.2 Å². The summed E-state index contributed by atoms with van der Waals surface area (Å²) in [5.74, 6) is 0.187. The average molecular weight is 261 g/mol. The number of benzene rings is 1. The van der Waals surface area contributed by atoms with Gasteiger partial charge >= 0.3 is 0 Å². The SMILES string of the molecule is CCc1ccc(N2CCN(C)C(CNC)C2=O)cc1. The molecular weight excluding hydrogens is 238 g/mol. The van der Waals surface area contributed by atoms with Crippen LogP contribution in [0.2, 0.25) is 0 Å². The minimum atomic E-state index is -0.0652. The van der Waals surface area contributed by atoms with E-state index in [0.717, 1.165) is 25.2 Å². The van der Waals surface area contributed by atoms with E-state index in [-0.39, 0.29) is 11.9 Å². The molecule has 4 nitrogen and oxygen atoms in total. The quantitative estimate of drug-likeness (QED) is 0.882. The van der Waals surface area contributed by atoms with Gasteiger partial charge in [0.1, 0.15) is 6.04 Å². The second kappa shape index (κ2) is 6.17. The van der Waals surface area contributed by atoms with Gasteiger partial charge in [0.25, 0.3) is 0 Å². The van der Waals surface area contributed by atoms with Gasteiger partial charge in [-0.15, -0.1) is 0 Å². The Labute approximate surface area is 115 Å². The molecule has 19 heavy (non-hydrogen) atoms. The zero-order chi connectivity index (χ0) is 13.8. The van der Waals surface area contributed by atoms with Gasteiger partial charge in [-0.25, -0.2) is 0 Å². The molecule has 1 aromatic carbocycles. The summed E-state index contributed by atoms with van der Waals surface area (Å²) >= 11 is 0. The molecule has 4 heteroatoms. The lowest BCUT2D eigenvalue weighted by atomic mass is 10.1. The molecule has 1 aliphatic rings. The molecule has 1 amide bonds. The Hall–Kier alpha value is -1.39. The number of rotatable bonds is 4. The standard InChI is InChI=1S/C15H23N3O/c1-4-12-5-7-13(8-6-12)18-10-9-17(3)14(11-16-2)15(18)19/h5-8,14,16H,4,9-11H2,1-3H3. The van der Waals surface area contributed by atoms with Gasteiger partial charge in [-0.3, -0.25) is 9.69 Å². The maximum atomic E-state index is 12.5. The molecule has 1 atom stereocenters. The lowest BCUT2D eigenvalue weighted by Crippen LogP contribution is -2.58. The first-order valence-corrected chi connectivity index (χ1v) is 6.92. The fourth-order valence-electron chi connectivity index (χ4n) is 2.50. The number of amides is 1. The van der Waals surface area contributed by atoms with Crippen LogP contribution in [0.4, 0.5) is 5.69 Å². The van der Waals surface area contributed by atoms with Crippen LogP contribution in [-0.4, -0.2) is 50.6 Å². The molecule has 1 unspecified atom stereocenters. The van der Waals surface area contributed by atoms with Crippen molar-refractivity contribution in [1.82, 2.24) is 10.2 Å². The minimum absolute atomic E-state index is 0.0652. The van der Waals surface area contributed by atoms with Gasteiger partial charge in [0.2, 0.25) is 5.91 Å². The van der Waals surface area contributed by atoms with Crippen molar-refractivity contribution in [2.75, 3.05) is 38.6 Å². The topological polar surface area (TPSA) is 35.6 Å². The number of anilines is 1. The minimum Gasteiger partial charge on any atom is -0.318 e. The van der Waals surface area contributed by atoms with E-state index in [0.29, 0.717) is 6.54 Å². The smallest absolute Gasteiger partial charge is 0.245 e. The summed E-state index contributed by atoms with van der Waals surface area (Å²) in [7, 11) is 3.90. The summed E-state index contributed by atoms with van der Waals surface area (Å²) in [6.07, 6.45) is 1.03. The van der Waals surface area contributed by atoms with Crippen molar-refractivity contribution in [3.63, 3.8) is 0 Å². The Morgan fingerprint density at radius 2 is 1.95 bits per heavy atom. The first-order valence-electron chi connectivity index (χ1n) is 6.92. The zero-order valence-corrected chi connectivity index (χ0v) is 12.0. The molecule has 0 aliphatic carbocycles. The van der Waals surface area contributed by atoms with Crippen molar-refractivity contribution in [3.05, 3.63) is 29.8 Å². The van der Waals surface area contributed by atoms with E-state index in [4.69, 9.17) is 0 Å². The molecule has 1 aliphatic heterocycles. The first kappa shape index (κ1) is 14.0. The highest BCUT2D eigenvalue weighted by molar-refractivity contribution is 5.98. The van der Waals surface area contributed by atoms with Gasteiger partial charge in [0.15, 0.2) is 0 Å². The van der Waals surface area contributed by atoms with E-state index in [1.165, 1.54) is 5.56 Å². The van der Waals surface area contributed by atoms with Crippen molar-refractivity contribution in [2.24, 2.45) is 0 Å². The second-order valence-electron chi connectivity index (χ2n) is 5.06. The molecule has 1 saturated heterocycles. The normalized spacial score (nSPS) is 20.9. The summed E-state index contributed by atoms with van der Waals surface area (Å²) < 4.78 is 0. The van der Waals surface area contributed by atoms with Gasteiger partial charge in [-0.2, -0.15) is 0 Å². The monoisotopic (exact) mass is 261 g/mol. The highest BCUT2D eigenvalue weighted by Gasteiger charge is 2.32. The number of nitrogens with one attached hydrogen (secondary N) is 1. The molecule has 1 aromatic rings. The largest absolute Gasteiger partial charge is 0.318 e. The molecule has 0 aromatic heterocycles.